The van der Waals surface area contributed by atoms with Gasteiger partial charge in [0.05, 0.1) is 12.6 Å². The predicted molar refractivity (Wildman–Crippen MR) is 355 cm³/mol. The fourth-order valence-electron chi connectivity index (χ4n) is 9.50. The molecule has 11 amide bonds. The van der Waals surface area contributed by atoms with Gasteiger partial charge >= 0.3 is 0 Å². The number of primary amides is 1. The van der Waals surface area contributed by atoms with Gasteiger partial charge in [-0.1, -0.05) is 62.7 Å². The Morgan fingerprint density at radius 1 is 0.559 bits per heavy atom. The van der Waals surface area contributed by atoms with Crippen LogP contribution in [-0.2, 0) is 65.6 Å². The van der Waals surface area contributed by atoms with Crippen LogP contribution < -0.4 is 93.7 Å². The van der Waals surface area contributed by atoms with Crippen molar-refractivity contribution in [2.75, 3.05) is 44.2 Å². The number of phenolic OH excluding ortho intramolecular Hbond substituents is 1. The van der Waals surface area contributed by atoms with E-state index in [4.69, 9.17) is 45.9 Å². The minimum absolute atomic E-state index is 0.00434. The number of carbonyl (C=O) groups excluding carboxylic acids is 11. The van der Waals surface area contributed by atoms with Crippen molar-refractivity contribution >= 4 is 108 Å². The van der Waals surface area contributed by atoms with Crippen molar-refractivity contribution < 1.29 is 57.8 Å². The van der Waals surface area contributed by atoms with E-state index in [1.165, 1.54) is 24.0 Å². The molecular formula is C58H93N21O12S2. The number of nitrogens with one attached hydrogen (secondary N) is 9. The Balaban J connectivity index is 1.88. The lowest BCUT2D eigenvalue weighted by atomic mass is 9.96. The highest BCUT2D eigenvalue weighted by Gasteiger charge is 2.40. The molecule has 514 valence electrons. The molecule has 1 heterocycles. The highest BCUT2D eigenvalue weighted by molar-refractivity contribution is 7.80. The number of carbonyl (C=O) groups is 11. The fraction of sp³-hybridized carbons (Fsp3) is 0.552. The number of likely N-dealkylation sites (tertiary alicyclic amines) is 1. The largest absolute Gasteiger partial charge is 0.508 e. The van der Waals surface area contributed by atoms with E-state index in [2.05, 4.69) is 88.1 Å². The number of rotatable bonds is 40. The molecule has 0 radical (unpaired) electrons. The predicted octanol–water partition coefficient (Wildman–Crippen LogP) is -5.94. The molecule has 1 saturated heterocycles. The first-order chi connectivity index (χ1) is 44.1. The number of aromatic hydroxyl groups is 1. The number of aliphatic imine (C=N–C) groups is 3. The number of benzene rings is 2. The van der Waals surface area contributed by atoms with Crippen LogP contribution in [0.5, 0.6) is 5.75 Å². The van der Waals surface area contributed by atoms with Gasteiger partial charge in [-0.15, -0.1) is 0 Å². The van der Waals surface area contributed by atoms with Crippen molar-refractivity contribution in [1.29, 1.82) is 0 Å². The van der Waals surface area contributed by atoms with Gasteiger partial charge < -0.3 is 104 Å². The van der Waals surface area contributed by atoms with E-state index < -0.39 is 138 Å². The monoisotopic (exact) mass is 1340 g/mol. The van der Waals surface area contributed by atoms with Gasteiger partial charge in [-0.3, -0.25) is 67.7 Å². The van der Waals surface area contributed by atoms with Crippen molar-refractivity contribution in [2.45, 2.75) is 152 Å². The molecule has 0 unspecified atom stereocenters. The summed E-state index contributed by atoms with van der Waals surface area (Å²) in [5.41, 5.74) is 46.1. The summed E-state index contributed by atoms with van der Waals surface area (Å²) in [5.74, 6) is -10.5. The molecule has 11 atom stereocenters. The number of nitrogens with two attached hydrogens (primary N) is 8. The lowest BCUT2D eigenvalue weighted by Crippen LogP contribution is -2.61. The Morgan fingerprint density at radius 3 is 1.56 bits per heavy atom. The fourth-order valence-corrected chi connectivity index (χ4v) is 10.0. The highest BCUT2D eigenvalue weighted by Crippen LogP contribution is 2.21. The van der Waals surface area contributed by atoms with Gasteiger partial charge in [-0.2, -0.15) is 25.3 Å². The first-order valence-corrected chi connectivity index (χ1v) is 31.6. The number of hydrogen-bond donors (Lipinski definition) is 20. The third kappa shape index (κ3) is 28.1. The van der Waals surface area contributed by atoms with Crippen molar-refractivity contribution in [2.24, 2.45) is 66.8 Å². The van der Waals surface area contributed by atoms with Crippen LogP contribution in [0.1, 0.15) is 89.7 Å². The summed E-state index contributed by atoms with van der Waals surface area (Å²) in [7, 11) is 0. The van der Waals surface area contributed by atoms with E-state index in [9.17, 15) is 57.8 Å². The summed E-state index contributed by atoms with van der Waals surface area (Å²) in [6.45, 7) is 4.34. The number of phenols is 1. The molecule has 0 spiro atoms. The Morgan fingerprint density at radius 2 is 1.04 bits per heavy atom. The van der Waals surface area contributed by atoms with E-state index in [0.29, 0.717) is 24.0 Å². The molecule has 93 heavy (non-hydrogen) atoms. The molecule has 0 aliphatic carbocycles. The Labute approximate surface area is 550 Å². The number of amides is 11. The Kier molecular flexibility index (Phi) is 34.2. The average Bonchev–Trinajstić information content (AvgIpc) is 1.83. The zero-order chi connectivity index (χ0) is 69.3. The molecule has 2 aromatic carbocycles. The normalized spacial score (nSPS) is 15.8. The molecule has 0 aromatic heterocycles. The molecular weight excluding hydrogens is 1250 g/mol. The third-order valence-corrected chi connectivity index (χ3v) is 15.6. The van der Waals surface area contributed by atoms with E-state index in [0.717, 1.165) is 0 Å². The van der Waals surface area contributed by atoms with Gasteiger partial charge in [0.25, 0.3) is 0 Å². The lowest BCUT2D eigenvalue weighted by Gasteiger charge is -2.32. The van der Waals surface area contributed by atoms with Crippen LogP contribution in [0.25, 0.3) is 0 Å². The summed E-state index contributed by atoms with van der Waals surface area (Å²) in [5, 5.41) is 33.0. The second-order valence-electron chi connectivity index (χ2n) is 22.2. The van der Waals surface area contributed by atoms with Gasteiger partial charge in [0.15, 0.2) is 17.9 Å². The van der Waals surface area contributed by atoms with Crippen LogP contribution >= 0.6 is 25.3 Å². The van der Waals surface area contributed by atoms with Crippen molar-refractivity contribution in [1.82, 2.24) is 52.8 Å². The van der Waals surface area contributed by atoms with Gasteiger partial charge in [0, 0.05) is 44.1 Å². The topological polar surface area (TPSA) is 565 Å². The molecule has 0 saturated carbocycles. The summed E-state index contributed by atoms with van der Waals surface area (Å²) in [6.07, 6.45) is 1.03. The van der Waals surface area contributed by atoms with Gasteiger partial charge in [0.2, 0.25) is 65.0 Å². The number of hydrogen-bond acceptors (Lipinski definition) is 18. The molecule has 1 aliphatic heterocycles. The molecule has 3 rings (SSSR count). The first kappa shape index (κ1) is 78.1. The van der Waals surface area contributed by atoms with Crippen LogP contribution in [-0.4, -0.2) is 198 Å². The van der Waals surface area contributed by atoms with Crippen LogP contribution in [0.3, 0.4) is 0 Å². The second kappa shape index (κ2) is 40.7. The summed E-state index contributed by atoms with van der Waals surface area (Å²) in [6, 6.07) is 1.88. The lowest BCUT2D eigenvalue weighted by molar-refractivity contribution is -0.142. The van der Waals surface area contributed by atoms with E-state index in [1.54, 1.807) is 56.3 Å². The summed E-state index contributed by atoms with van der Waals surface area (Å²) >= 11 is 8.43. The molecule has 26 N–H and O–H groups in total. The van der Waals surface area contributed by atoms with E-state index >= 15 is 0 Å². The Hall–Kier alpha value is -9.12. The first-order valence-electron chi connectivity index (χ1n) is 30.3. The quantitative estimate of drug-likeness (QED) is 0.0128. The van der Waals surface area contributed by atoms with Crippen LogP contribution in [0.4, 0.5) is 0 Å². The number of thiol groups is 2. The SMILES string of the molecule is CC[C@H](C)[C@H](NC(=O)[C@H](CCCN=C(N)N)NC(=O)[C@H](CCCN=C(N)N)NC(=O)[C@H](CS)NC(=O)[C@H](Cc1ccccc1)NC(=O)CNC(=O)[C@@H](C)NC(=O)[C@@H](N)Cc1ccc(O)cc1)C(=O)N[C@@H](CCCN=C(N)N)C(=O)N1CCC[C@H]1C(=O)N[C@@H](CS)C(N)=O. The number of nitrogens with zero attached hydrogens (tertiary/aromatic N) is 4. The van der Waals surface area contributed by atoms with Gasteiger partial charge in [-0.25, -0.2) is 0 Å². The van der Waals surface area contributed by atoms with Crippen molar-refractivity contribution in [3.05, 3.63) is 65.7 Å². The smallest absolute Gasteiger partial charge is 0.245 e. The second-order valence-corrected chi connectivity index (χ2v) is 22.9. The minimum atomic E-state index is -1.47. The summed E-state index contributed by atoms with van der Waals surface area (Å²) in [4.78, 5) is 165. The van der Waals surface area contributed by atoms with Crippen LogP contribution in [0, 0.1) is 5.92 Å². The maximum atomic E-state index is 14.6. The maximum Gasteiger partial charge on any atom is 0.245 e. The molecule has 0 bridgehead atoms. The van der Waals surface area contributed by atoms with Crippen molar-refractivity contribution in [3.8, 4) is 5.75 Å². The zero-order valence-corrected chi connectivity index (χ0v) is 54.3. The van der Waals surface area contributed by atoms with E-state index in [-0.39, 0.29) is 119 Å². The van der Waals surface area contributed by atoms with Crippen molar-refractivity contribution in [3.63, 3.8) is 0 Å². The summed E-state index contributed by atoms with van der Waals surface area (Å²) < 4.78 is 0. The highest BCUT2D eigenvalue weighted by atomic mass is 32.1. The molecule has 2 aromatic rings. The molecule has 35 heteroatoms. The molecule has 1 aliphatic rings. The zero-order valence-electron chi connectivity index (χ0n) is 52.5. The van der Waals surface area contributed by atoms with Crippen LogP contribution in [0.2, 0.25) is 0 Å². The third-order valence-electron chi connectivity index (χ3n) is 14.8. The average molecular weight is 1340 g/mol. The molecule has 1 fully saturated rings. The Bertz CT molecular complexity index is 2930. The number of guanidine groups is 3. The van der Waals surface area contributed by atoms with Gasteiger partial charge in [0.1, 0.15) is 60.1 Å². The van der Waals surface area contributed by atoms with Gasteiger partial charge in [-0.05, 0) is 93.9 Å². The minimum Gasteiger partial charge on any atom is -0.508 e. The molecule has 33 nitrogen and oxygen atoms in total. The van der Waals surface area contributed by atoms with E-state index in [1.807, 2.05) is 0 Å². The standard InChI is InChI=1S/C58H93N21O12S2/c1-4-31(2)45(54(90)75-39(16-10-24-69-58(65)66)55(91)79-25-11-17-43(79)53(89)76-41(29-92)46(60)82)78-50(86)38(15-9-23-68-57(63)64)73-49(85)37(14-8-22-67-56(61)62)74-52(88)42(30-93)77-51(87)40(27-33-12-6-5-7-13-33)72-44(81)28-70-47(83)32(3)71-48(84)36(59)26-34-18-20-35(80)21-19-34/h5-7,12-13,18-21,31-32,36-43,45,80,92-93H,4,8-11,14-17,22-30,59H2,1-3H3,(H2,60,82)(H,70,83)(H,71,84)(H,72,81)(H,73,85)(H,74,88)(H,75,90)(H,76,89)(H,77,87)(H,78,86)(H4,61,62,67)(H4,63,64,68)(H4,65,66,69)/t31-,32+,36-,37-,38-,39-,40-,41-,42-,43-,45-/m0/s1. The maximum absolute atomic E-state index is 14.6. The van der Waals surface area contributed by atoms with Crippen LogP contribution in [0.15, 0.2) is 69.6 Å².